The van der Waals surface area contributed by atoms with Crippen molar-refractivity contribution in [2.24, 2.45) is 0 Å². The van der Waals surface area contributed by atoms with Gasteiger partial charge < -0.3 is 28.4 Å². The van der Waals surface area contributed by atoms with E-state index < -0.39 is 10.8 Å². The standard InChI is InChI=1S/C98H106N2O6/c1-93(2,3)77-27-35-83(36-28-77)97(81-19-15-13-16-20-81,84-37-29-78(30-38-84)94(4,5)6)87-43-51-91(52-44-87)105-69-65-101-63-67-103-89-47-23-73(24-48-89)71-99-59-55-75(56-60-99)76-57-61-100(62-58-76)72-74-25-49-90(50-26-74)104-68-64-102-66-70-106-92-53-45-88(46-54-92)98(82-21-17-14-18-22-82,85-39-31-79(32-40-85)95(7,8)9)86-41-33-80(34-42-86)96(10,11)12/h13-62H,63-72H2,1-12H3/q+2. The maximum Gasteiger partial charge on any atom is 0.173 e. The fraction of sp³-hybridized carbons (Fsp3) is 0.286. The van der Waals surface area contributed by atoms with E-state index in [1.54, 1.807) is 0 Å². The molecule has 0 bridgehead atoms. The molecule has 12 aromatic rings. The molecule has 0 radical (unpaired) electrons. The Hall–Kier alpha value is -10.4. The van der Waals surface area contributed by atoms with Crippen LogP contribution in [0, 0.1) is 0 Å². The minimum atomic E-state index is -0.560. The second-order valence-electron chi connectivity index (χ2n) is 32.0. The molecule has 8 heteroatoms. The van der Waals surface area contributed by atoms with Crippen LogP contribution in [0.5, 0.6) is 23.0 Å². The first-order valence-corrected chi connectivity index (χ1v) is 37.6. The molecule has 0 aliphatic heterocycles. The Morgan fingerprint density at radius 2 is 0.406 bits per heavy atom. The van der Waals surface area contributed by atoms with E-state index in [0.29, 0.717) is 52.9 Å². The lowest BCUT2D eigenvalue weighted by Crippen LogP contribution is -2.33. The molecule has 0 aliphatic rings. The molecule has 0 atom stereocenters. The highest BCUT2D eigenvalue weighted by Crippen LogP contribution is 2.49. The van der Waals surface area contributed by atoms with Gasteiger partial charge in [0.05, 0.1) is 37.3 Å². The lowest BCUT2D eigenvalue weighted by atomic mass is 9.64. The fourth-order valence-electron chi connectivity index (χ4n) is 14.3. The number of nitrogens with zero attached hydrogens (tertiary/aromatic N) is 2. The molecule has 0 unspecified atom stereocenters. The molecule has 12 rings (SSSR count). The monoisotopic (exact) mass is 1410 g/mol. The summed E-state index contributed by atoms with van der Waals surface area (Å²) in [5, 5.41) is 0. The van der Waals surface area contributed by atoms with Crippen LogP contribution in [0.3, 0.4) is 0 Å². The van der Waals surface area contributed by atoms with Crippen molar-refractivity contribution in [1.82, 2.24) is 0 Å². The van der Waals surface area contributed by atoms with E-state index in [1.165, 1.54) is 77.9 Å². The van der Waals surface area contributed by atoms with Crippen molar-refractivity contribution in [1.29, 1.82) is 0 Å². The minimum Gasteiger partial charge on any atom is -0.491 e. The van der Waals surface area contributed by atoms with Crippen LogP contribution in [0.25, 0.3) is 11.1 Å². The molecule has 0 fully saturated rings. The van der Waals surface area contributed by atoms with Gasteiger partial charge in [0.2, 0.25) is 0 Å². The Bertz CT molecular complexity index is 4270. The molecule has 542 valence electrons. The topological polar surface area (TPSA) is 63.1 Å². The Balaban J connectivity index is 0.553. The normalized spacial score (nSPS) is 12.2. The minimum absolute atomic E-state index is 0.0403. The van der Waals surface area contributed by atoms with Gasteiger partial charge in [0.25, 0.3) is 0 Å². The molecule has 0 N–H and O–H groups in total. The molecule has 106 heavy (non-hydrogen) atoms. The van der Waals surface area contributed by atoms with Gasteiger partial charge in [-0.25, -0.2) is 9.13 Å². The lowest BCUT2D eigenvalue weighted by Gasteiger charge is -2.37. The number of hydrogen-bond donors (Lipinski definition) is 0. The summed E-state index contributed by atoms with van der Waals surface area (Å²) in [5.41, 5.74) is 18.6. The van der Waals surface area contributed by atoms with Crippen LogP contribution in [0.4, 0.5) is 0 Å². The Labute approximate surface area is 631 Å². The van der Waals surface area contributed by atoms with Gasteiger partial charge in [-0.3, -0.25) is 0 Å². The zero-order chi connectivity index (χ0) is 74.4. The van der Waals surface area contributed by atoms with Gasteiger partial charge in [-0.15, -0.1) is 0 Å². The molecule has 8 nitrogen and oxygen atoms in total. The number of ether oxygens (including phenoxy) is 6. The van der Waals surface area contributed by atoms with E-state index in [4.69, 9.17) is 28.4 Å². The van der Waals surface area contributed by atoms with Crippen molar-refractivity contribution < 1.29 is 37.6 Å². The highest BCUT2D eigenvalue weighted by atomic mass is 16.5. The number of aromatic nitrogens is 2. The van der Waals surface area contributed by atoms with E-state index in [0.717, 1.165) is 47.2 Å². The summed E-state index contributed by atoms with van der Waals surface area (Å²) in [6, 6.07) is 101. The summed E-state index contributed by atoms with van der Waals surface area (Å²) in [6.45, 7) is 32.3. The van der Waals surface area contributed by atoms with Crippen LogP contribution in [0.1, 0.15) is 161 Å². The van der Waals surface area contributed by atoms with Gasteiger partial charge in [-0.2, -0.15) is 0 Å². The van der Waals surface area contributed by atoms with Gasteiger partial charge in [0.1, 0.15) is 49.4 Å². The van der Waals surface area contributed by atoms with Crippen LogP contribution < -0.4 is 28.1 Å². The first-order chi connectivity index (χ1) is 51.0. The molecule has 2 aromatic heterocycles. The third-order valence-corrected chi connectivity index (χ3v) is 20.4. The predicted molar refractivity (Wildman–Crippen MR) is 431 cm³/mol. The zero-order valence-corrected chi connectivity index (χ0v) is 64.3. The fourth-order valence-corrected chi connectivity index (χ4v) is 14.3. The van der Waals surface area contributed by atoms with E-state index in [2.05, 4.69) is 372 Å². The molecular weight excluding hydrogens is 1300 g/mol. The highest BCUT2D eigenvalue weighted by molar-refractivity contribution is 5.64. The van der Waals surface area contributed by atoms with Crippen molar-refractivity contribution in [3.8, 4) is 34.1 Å². The summed E-state index contributed by atoms with van der Waals surface area (Å²) in [6.07, 6.45) is 8.55. The molecule has 0 amide bonds. The van der Waals surface area contributed by atoms with Gasteiger partial charge in [-0.05, 0) is 172 Å². The van der Waals surface area contributed by atoms with Crippen molar-refractivity contribution in [3.63, 3.8) is 0 Å². The molecule has 10 aromatic carbocycles. The summed E-state index contributed by atoms with van der Waals surface area (Å²) in [7, 11) is 0. The molecular formula is C98H106N2O6+2. The van der Waals surface area contributed by atoms with Crippen LogP contribution in [0.2, 0.25) is 0 Å². The zero-order valence-electron chi connectivity index (χ0n) is 64.3. The van der Waals surface area contributed by atoms with Crippen molar-refractivity contribution >= 4 is 0 Å². The molecule has 0 saturated heterocycles. The summed E-state index contributed by atoms with van der Waals surface area (Å²) >= 11 is 0. The first kappa shape index (κ1) is 75.3. The maximum absolute atomic E-state index is 6.25. The van der Waals surface area contributed by atoms with E-state index in [9.17, 15) is 0 Å². The van der Waals surface area contributed by atoms with Crippen molar-refractivity contribution in [2.75, 3.05) is 52.9 Å². The lowest BCUT2D eigenvalue weighted by molar-refractivity contribution is -0.688. The summed E-state index contributed by atoms with van der Waals surface area (Å²) in [5.74, 6) is 3.23. The summed E-state index contributed by atoms with van der Waals surface area (Å²) in [4.78, 5) is 0. The third-order valence-electron chi connectivity index (χ3n) is 20.4. The van der Waals surface area contributed by atoms with Crippen LogP contribution in [-0.4, -0.2) is 52.9 Å². The molecule has 0 spiro atoms. The molecule has 0 saturated carbocycles. The van der Waals surface area contributed by atoms with E-state index >= 15 is 0 Å². The quantitative estimate of drug-likeness (QED) is 0.0264. The number of hydrogen-bond acceptors (Lipinski definition) is 6. The van der Waals surface area contributed by atoms with Gasteiger partial charge in [-0.1, -0.05) is 265 Å². The molecule has 0 aliphatic carbocycles. The highest BCUT2D eigenvalue weighted by Gasteiger charge is 2.41. The average Bonchev–Trinajstić information content (AvgIpc) is 0.737. The Kier molecular flexibility index (Phi) is 23.7. The Morgan fingerprint density at radius 3 is 0.632 bits per heavy atom. The van der Waals surface area contributed by atoms with Crippen LogP contribution in [0.15, 0.2) is 304 Å². The number of rotatable bonds is 29. The smallest absolute Gasteiger partial charge is 0.173 e. The van der Waals surface area contributed by atoms with Crippen molar-refractivity contribution in [2.45, 2.75) is 129 Å². The van der Waals surface area contributed by atoms with E-state index in [1.807, 2.05) is 24.3 Å². The largest absolute Gasteiger partial charge is 0.491 e. The van der Waals surface area contributed by atoms with Crippen LogP contribution in [-0.2, 0) is 55.1 Å². The second kappa shape index (κ2) is 33.4. The first-order valence-electron chi connectivity index (χ1n) is 37.6. The molecule has 2 heterocycles. The SMILES string of the molecule is CC(C)(C)c1ccc(C(c2ccccc2)(c2ccc(OCCOCCOc3ccc(C[n+]4ccc(-c5cc[n+](Cc6ccc(OCCOCCOc7ccc(C(c8ccccc8)(c8ccc(C(C)(C)C)cc8)c8ccc(C(C)(C)C)cc8)cc7)cc6)cc5)cc4)cc3)cc2)c2ccc(C(C)(C)C)cc2)cc1. The second-order valence-corrected chi connectivity index (χ2v) is 32.0. The number of benzene rings is 10. The average molecular weight is 1410 g/mol. The van der Waals surface area contributed by atoms with Gasteiger partial charge >= 0.3 is 0 Å². The maximum atomic E-state index is 6.25. The van der Waals surface area contributed by atoms with Crippen molar-refractivity contribution in [3.05, 3.63) is 382 Å². The Morgan fingerprint density at radius 1 is 0.208 bits per heavy atom. The van der Waals surface area contributed by atoms with E-state index in [-0.39, 0.29) is 21.7 Å². The van der Waals surface area contributed by atoms with Crippen LogP contribution >= 0.6 is 0 Å². The van der Waals surface area contributed by atoms with Gasteiger partial charge in [0.15, 0.2) is 37.9 Å². The number of pyridine rings is 2. The third kappa shape index (κ3) is 18.3. The van der Waals surface area contributed by atoms with Gasteiger partial charge in [0, 0.05) is 35.4 Å². The summed E-state index contributed by atoms with van der Waals surface area (Å²) < 4.78 is 41.0. The predicted octanol–water partition coefficient (Wildman–Crippen LogP) is 20.9.